The molecule has 3 aliphatic rings. The number of carbonyl (C=O) groups is 2. The van der Waals surface area contributed by atoms with Gasteiger partial charge in [0, 0.05) is 13.5 Å². The minimum Gasteiger partial charge on any atom is -0.507 e. The van der Waals surface area contributed by atoms with E-state index in [4.69, 9.17) is 14.9 Å². The quantitative estimate of drug-likeness (QED) is 0.809. The van der Waals surface area contributed by atoms with Crippen molar-refractivity contribution in [2.24, 2.45) is 5.92 Å². The number of carboxylic acids is 1. The number of para-hydroxylation sites is 1. The topological polar surface area (TPSA) is 87.1 Å². The zero-order valence-electron chi connectivity index (χ0n) is 12.6. The molecule has 22 heavy (non-hydrogen) atoms. The van der Waals surface area contributed by atoms with E-state index >= 15 is 0 Å². The lowest BCUT2D eigenvalue weighted by Crippen LogP contribution is -2.51. The van der Waals surface area contributed by atoms with Crippen molar-refractivity contribution in [3.8, 4) is 5.75 Å². The lowest BCUT2D eigenvalue weighted by Gasteiger charge is -2.43. The fourth-order valence-corrected chi connectivity index (χ4v) is 2.91. The monoisotopic (exact) mass is 307 g/mol. The number of esters is 1. The number of carbonyl (C=O) groups excluding carboxylic acids is 1. The normalized spacial score (nSPS) is 25.8. The molecule has 6 heteroatoms. The number of fused-ring (bicyclic) bond motifs is 3. The highest BCUT2D eigenvalue weighted by Gasteiger charge is 2.35. The van der Waals surface area contributed by atoms with Crippen LogP contribution in [0.1, 0.15) is 30.1 Å². The second kappa shape index (κ2) is 7.26. The zero-order chi connectivity index (χ0) is 16.1. The van der Waals surface area contributed by atoms with E-state index in [1.807, 2.05) is 0 Å². The summed E-state index contributed by atoms with van der Waals surface area (Å²) in [7, 11) is 0. The molecule has 2 bridgehead atoms. The van der Waals surface area contributed by atoms with E-state index in [1.165, 1.54) is 45.0 Å². The Hall–Kier alpha value is -2.08. The van der Waals surface area contributed by atoms with E-state index in [0.29, 0.717) is 5.92 Å². The Bertz CT molecular complexity index is 537. The smallest absolute Gasteiger partial charge is 0.339 e. The lowest BCUT2D eigenvalue weighted by molar-refractivity contribution is -0.156. The third-order valence-electron chi connectivity index (χ3n) is 4.05. The molecule has 3 fully saturated rings. The largest absolute Gasteiger partial charge is 0.507 e. The number of aromatic hydroxyl groups is 1. The van der Waals surface area contributed by atoms with Crippen molar-refractivity contribution in [1.29, 1.82) is 0 Å². The van der Waals surface area contributed by atoms with Crippen molar-refractivity contribution >= 4 is 11.9 Å². The average molecular weight is 307 g/mol. The van der Waals surface area contributed by atoms with Gasteiger partial charge in [-0.05, 0) is 44.0 Å². The number of rotatable bonds is 2. The molecule has 4 rings (SSSR count). The first kappa shape index (κ1) is 16.3. The Balaban J connectivity index is 0.000000164. The molecule has 3 aliphatic heterocycles. The predicted molar refractivity (Wildman–Crippen MR) is 79.8 cm³/mol. The highest BCUT2D eigenvalue weighted by atomic mass is 16.5. The summed E-state index contributed by atoms with van der Waals surface area (Å²) in [5.74, 6) is -0.805. The van der Waals surface area contributed by atoms with Crippen LogP contribution in [0.3, 0.4) is 0 Å². The van der Waals surface area contributed by atoms with Crippen LogP contribution < -0.4 is 0 Å². The molecule has 0 saturated carbocycles. The van der Waals surface area contributed by atoms with E-state index in [1.54, 1.807) is 12.1 Å². The van der Waals surface area contributed by atoms with Gasteiger partial charge in [0.25, 0.3) is 0 Å². The van der Waals surface area contributed by atoms with E-state index < -0.39 is 5.97 Å². The molecule has 2 N–H and O–H groups in total. The first-order valence-electron chi connectivity index (χ1n) is 7.38. The number of hydrogen-bond donors (Lipinski definition) is 2. The van der Waals surface area contributed by atoms with Gasteiger partial charge in [0.1, 0.15) is 17.4 Å². The number of benzene rings is 1. The molecule has 6 nitrogen and oxygen atoms in total. The first-order chi connectivity index (χ1) is 10.5. The van der Waals surface area contributed by atoms with Crippen LogP contribution in [0.15, 0.2) is 24.3 Å². The molecule has 3 saturated heterocycles. The van der Waals surface area contributed by atoms with Gasteiger partial charge in [0.05, 0.1) is 0 Å². The minimum atomic E-state index is -1.11. The van der Waals surface area contributed by atoms with Gasteiger partial charge in [0.2, 0.25) is 0 Å². The molecule has 1 aromatic carbocycles. The number of ether oxygens (including phenoxy) is 1. The van der Waals surface area contributed by atoms with Crippen molar-refractivity contribution in [2.45, 2.75) is 25.9 Å². The SMILES string of the molecule is CC(=O)OC1CN2CCC1CC2.O=C(O)c1ccccc1O. The fraction of sp³-hybridized carbons (Fsp3) is 0.500. The zero-order valence-corrected chi connectivity index (χ0v) is 12.6. The van der Waals surface area contributed by atoms with Crippen LogP contribution in [0, 0.1) is 5.92 Å². The Morgan fingerprint density at radius 2 is 1.86 bits per heavy atom. The summed E-state index contributed by atoms with van der Waals surface area (Å²) in [4.78, 5) is 23.4. The molecule has 0 amide bonds. The Morgan fingerprint density at radius 3 is 2.27 bits per heavy atom. The number of hydrogen-bond acceptors (Lipinski definition) is 5. The molecule has 0 aliphatic carbocycles. The number of aromatic carboxylic acids is 1. The Labute approximate surface area is 129 Å². The summed E-state index contributed by atoms with van der Waals surface area (Å²) in [5, 5.41) is 17.3. The molecular formula is C16H21NO5. The van der Waals surface area contributed by atoms with Gasteiger partial charge in [-0.1, -0.05) is 12.1 Å². The van der Waals surface area contributed by atoms with Gasteiger partial charge in [-0.25, -0.2) is 4.79 Å². The van der Waals surface area contributed by atoms with Gasteiger partial charge in [0.15, 0.2) is 0 Å². The van der Waals surface area contributed by atoms with E-state index in [-0.39, 0.29) is 23.4 Å². The molecular weight excluding hydrogens is 286 g/mol. The van der Waals surface area contributed by atoms with Crippen molar-refractivity contribution in [3.05, 3.63) is 29.8 Å². The maximum Gasteiger partial charge on any atom is 0.339 e. The third kappa shape index (κ3) is 4.21. The van der Waals surface area contributed by atoms with Gasteiger partial charge in [-0.3, -0.25) is 9.69 Å². The molecule has 120 valence electrons. The number of phenols is 1. The van der Waals surface area contributed by atoms with E-state index in [0.717, 1.165) is 6.54 Å². The lowest BCUT2D eigenvalue weighted by atomic mass is 9.86. The van der Waals surface area contributed by atoms with Gasteiger partial charge < -0.3 is 14.9 Å². The second-order valence-corrected chi connectivity index (χ2v) is 5.61. The van der Waals surface area contributed by atoms with Crippen LogP contribution in [0.2, 0.25) is 0 Å². The van der Waals surface area contributed by atoms with E-state index in [2.05, 4.69) is 4.90 Å². The van der Waals surface area contributed by atoms with Crippen LogP contribution in [0.25, 0.3) is 0 Å². The van der Waals surface area contributed by atoms with Crippen LogP contribution in [0.5, 0.6) is 5.75 Å². The van der Waals surface area contributed by atoms with Crippen LogP contribution in [-0.2, 0) is 9.53 Å². The average Bonchev–Trinajstić information content (AvgIpc) is 2.48. The summed E-state index contributed by atoms with van der Waals surface area (Å²) in [6.45, 7) is 4.85. The van der Waals surface area contributed by atoms with Crippen LogP contribution in [-0.4, -0.2) is 52.8 Å². The summed E-state index contributed by atoms with van der Waals surface area (Å²) in [6, 6.07) is 5.81. The van der Waals surface area contributed by atoms with Gasteiger partial charge in [-0.2, -0.15) is 0 Å². The number of nitrogens with zero attached hydrogens (tertiary/aromatic N) is 1. The Morgan fingerprint density at radius 1 is 1.23 bits per heavy atom. The molecule has 1 unspecified atom stereocenters. The summed E-state index contributed by atoms with van der Waals surface area (Å²) >= 11 is 0. The second-order valence-electron chi connectivity index (χ2n) is 5.61. The molecule has 1 atom stereocenters. The van der Waals surface area contributed by atoms with Crippen molar-refractivity contribution in [1.82, 2.24) is 4.90 Å². The standard InChI is InChI=1S/C9H15NO2.C7H6O3/c1-7(11)12-9-6-10-4-2-8(9)3-5-10;8-6-4-2-1-3-5(6)7(9)10/h8-9H,2-6H2,1H3;1-4,8H,(H,9,10). The van der Waals surface area contributed by atoms with Crippen molar-refractivity contribution in [2.75, 3.05) is 19.6 Å². The first-order valence-corrected chi connectivity index (χ1v) is 7.38. The predicted octanol–water partition coefficient (Wildman–Crippen LogP) is 1.73. The molecule has 1 aromatic rings. The van der Waals surface area contributed by atoms with Gasteiger partial charge >= 0.3 is 11.9 Å². The van der Waals surface area contributed by atoms with E-state index in [9.17, 15) is 9.59 Å². The van der Waals surface area contributed by atoms with Crippen molar-refractivity contribution < 1.29 is 24.5 Å². The molecule has 0 radical (unpaired) electrons. The maximum absolute atomic E-state index is 10.7. The van der Waals surface area contributed by atoms with Crippen molar-refractivity contribution in [3.63, 3.8) is 0 Å². The Kier molecular flexibility index (Phi) is 5.38. The molecule has 0 spiro atoms. The minimum absolute atomic E-state index is 0.0671. The van der Waals surface area contributed by atoms with Crippen LogP contribution in [0.4, 0.5) is 0 Å². The number of piperidine rings is 3. The number of carboxylic acid groups (broad SMARTS) is 1. The van der Waals surface area contributed by atoms with Crippen LogP contribution >= 0.6 is 0 Å². The molecule has 3 heterocycles. The highest BCUT2D eigenvalue weighted by Crippen LogP contribution is 2.29. The summed E-state index contributed by atoms with van der Waals surface area (Å²) in [6.07, 6.45) is 2.60. The summed E-state index contributed by atoms with van der Waals surface area (Å²) in [5.41, 5.74) is -0.0671. The summed E-state index contributed by atoms with van der Waals surface area (Å²) < 4.78 is 5.24. The third-order valence-corrected chi connectivity index (χ3v) is 4.05. The fourth-order valence-electron chi connectivity index (χ4n) is 2.91. The molecule has 0 aromatic heterocycles. The highest BCUT2D eigenvalue weighted by molar-refractivity contribution is 5.90. The van der Waals surface area contributed by atoms with Gasteiger partial charge in [-0.15, -0.1) is 0 Å². The maximum atomic E-state index is 10.7.